The first-order valence-corrected chi connectivity index (χ1v) is 9.46. The molecular weight excluding hydrogens is 282 g/mol. The first-order valence-electron chi connectivity index (χ1n) is 9.46. The van der Waals surface area contributed by atoms with E-state index in [9.17, 15) is 5.11 Å². The number of aromatic hydroxyl groups is 1. The van der Waals surface area contributed by atoms with Crippen molar-refractivity contribution in [2.75, 3.05) is 13.1 Å². The van der Waals surface area contributed by atoms with Gasteiger partial charge in [0.1, 0.15) is 5.75 Å². The van der Waals surface area contributed by atoms with Crippen LogP contribution in [-0.2, 0) is 11.8 Å². The molecule has 3 atom stereocenters. The van der Waals surface area contributed by atoms with Gasteiger partial charge in [-0.2, -0.15) is 0 Å². The number of piperidine rings is 1. The van der Waals surface area contributed by atoms with E-state index in [1.54, 1.807) is 0 Å². The maximum Gasteiger partial charge on any atom is 0.115 e. The molecule has 1 N–H and O–H groups in total. The highest BCUT2D eigenvalue weighted by molar-refractivity contribution is 5.45. The largest absolute Gasteiger partial charge is 0.508 e. The van der Waals surface area contributed by atoms with Crippen LogP contribution in [0, 0.1) is 11.3 Å². The van der Waals surface area contributed by atoms with Gasteiger partial charge in [0.2, 0.25) is 0 Å². The molecule has 4 rings (SSSR count). The average molecular weight is 313 g/mol. The first kappa shape index (κ1) is 15.5. The van der Waals surface area contributed by atoms with Crippen LogP contribution in [0.4, 0.5) is 0 Å². The molecule has 2 heteroatoms. The zero-order valence-electron chi connectivity index (χ0n) is 14.9. The van der Waals surface area contributed by atoms with E-state index in [1.807, 2.05) is 6.07 Å². The highest BCUT2D eigenvalue weighted by Crippen LogP contribution is 2.56. The second-order valence-electron chi connectivity index (χ2n) is 9.40. The maximum atomic E-state index is 10.1. The molecule has 0 aromatic heterocycles. The van der Waals surface area contributed by atoms with Crippen LogP contribution in [0.5, 0.6) is 5.75 Å². The molecule has 1 aromatic rings. The number of phenolic OH excluding ortho intramolecular Hbond substituents is 1. The Morgan fingerprint density at radius 3 is 2.83 bits per heavy atom. The number of fused-ring (bicyclic) bond motifs is 1. The summed E-state index contributed by atoms with van der Waals surface area (Å²) in [6.45, 7) is 9.53. The van der Waals surface area contributed by atoms with Crippen LogP contribution >= 0.6 is 0 Å². The fourth-order valence-electron chi connectivity index (χ4n) is 5.88. The van der Waals surface area contributed by atoms with Crippen molar-refractivity contribution in [3.63, 3.8) is 0 Å². The molecule has 1 saturated carbocycles. The second-order valence-corrected chi connectivity index (χ2v) is 9.40. The lowest BCUT2D eigenvalue weighted by molar-refractivity contribution is -0.0251. The molecule has 1 heterocycles. The van der Waals surface area contributed by atoms with Crippen LogP contribution in [0.1, 0.15) is 64.0 Å². The molecule has 2 fully saturated rings. The van der Waals surface area contributed by atoms with Crippen molar-refractivity contribution in [2.24, 2.45) is 11.3 Å². The van der Waals surface area contributed by atoms with Gasteiger partial charge < -0.3 is 5.11 Å². The number of nitrogens with zero attached hydrogens (tertiary/aromatic N) is 1. The van der Waals surface area contributed by atoms with E-state index < -0.39 is 0 Å². The Kier molecular flexibility index (Phi) is 3.53. The summed E-state index contributed by atoms with van der Waals surface area (Å²) >= 11 is 0. The van der Waals surface area contributed by atoms with E-state index in [-0.39, 0.29) is 0 Å². The normalized spacial score (nSPS) is 33.9. The number of likely N-dealkylation sites (tertiary alicyclic amines) is 1. The number of rotatable bonds is 1. The Balaban J connectivity index is 1.76. The first-order chi connectivity index (χ1) is 10.9. The van der Waals surface area contributed by atoms with Crippen molar-refractivity contribution in [3.05, 3.63) is 29.3 Å². The number of hydrogen-bond donors (Lipinski definition) is 1. The zero-order valence-corrected chi connectivity index (χ0v) is 14.9. The van der Waals surface area contributed by atoms with Crippen LogP contribution in [0.2, 0.25) is 0 Å². The molecule has 2 bridgehead atoms. The Morgan fingerprint density at radius 1 is 1.22 bits per heavy atom. The highest BCUT2D eigenvalue weighted by Gasteiger charge is 2.53. The minimum absolute atomic E-state index is 0.351. The van der Waals surface area contributed by atoms with Crippen molar-refractivity contribution >= 4 is 0 Å². The van der Waals surface area contributed by atoms with Crippen LogP contribution in [-0.4, -0.2) is 29.1 Å². The van der Waals surface area contributed by atoms with Crippen molar-refractivity contribution in [2.45, 2.75) is 70.8 Å². The molecule has 1 aliphatic heterocycles. The summed E-state index contributed by atoms with van der Waals surface area (Å²) < 4.78 is 0. The Hall–Kier alpha value is -1.02. The van der Waals surface area contributed by atoms with Gasteiger partial charge in [-0.1, -0.05) is 39.7 Å². The average Bonchev–Trinajstić information content (AvgIpc) is 2.49. The minimum atomic E-state index is 0.351. The lowest BCUT2D eigenvalue weighted by Gasteiger charge is -2.59. The molecule has 0 spiro atoms. The maximum absolute atomic E-state index is 10.1. The monoisotopic (exact) mass is 313 g/mol. The van der Waals surface area contributed by atoms with Crippen molar-refractivity contribution in [1.82, 2.24) is 4.90 Å². The van der Waals surface area contributed by atoms with E-state index in [0.29, 0.717) is 22.6 Å². The molecule has 0 radical (unpaired) electrons. The Bertz CT molecular complexity index is 602. The molecule has 0 amide bonds. The summed E-state index contributed by atoms with van der Waals surface area (Å²) in [6, 6.07) is 6.90. The molecule has 126 valence electrons. The molecule has 1 saturated heterocycles. The zero-order chi connectivity index (χ0) is 16.2. The molecule has 3 aliphatic rings. The fraction of sp³-hybridized carbons (Fsp3) is 0.714. The van der Waals surface area contributed by atoms with Crippen molar-refractivity contribution in [1.29, 1.82) is 0 Å². The van der Waals surface area contributed by atoms with Crippen LogP contribution in [0.3, 0.4) is 0 Å². The molecule has 2 nitrogen and oxygen atoms in total. The van der Waals surface area contributed by atoms with E-state index in [1.165, 1.54) is 62.7 Å². The standard InChI is InChI=1S/C21H31NO/c1-20(2,3)14-22-11-10-21-9-5-4-6-17(21)19(22)12-15-7-8-16(23)13-18(15)21/h7-8,13,17,19,23H,4-6,9-12,14H2,1-3H3/t17-,19+,21+/m0/s1. The SMILES string of the molecule is CC(C)(C)CN1CC[C@]23CCCC[C@H]2[C@H]1Cc1ccc(O)cc13. The lowest BCUT2D eigenvalue weighted by Crippen LogP contribution is -2.61. The van der Waals surface area contributed by atoms with Gasteiger partial charge >= 0.3 is 0 Å². The predicted octanol–water partition coefficient (Wildman–Crippen LogP) is 4.50. The summed E-state index contributed by atoms with van der Waals surface area (Å²) in [6.07, 6.45) is 7.91. The Labute approximate surface area is 140 Å². The van der Waals surface area contributed by atoms with Crippen LogP contribution in [0.25, 0.3) is 0 Å². The topological polar surface area (TPSA) is 23.5 Å². The summed E-state index contributed by atoms with van der Waals surface area (Å²) in [4.78, 5) is 2.80. The molecule has 1 aromatic carbocycles. The van der Waals surface area contributed by atoms with Gasteiger partial charge in [-0.15, -0.1) is 0 Å². The third-order valence-corrected chi connectivity index (χ3v) is 6.61. The smallest absolute Gasteiger partial charge is 0.115 e. The highest BCUT2D eigenvalue weighted by atomic mass is 16.3. The minimum Gasteiger partial charge on any atom is -0.508 e. The summed E-state index contributed by atoms with van der Waals surface area (Å²) in [5, 5.41) is 10.1. The second kappa shape index (κ2) is 5.24. The van der Waals surface area contributed by atoms with Crippen molar-refractivity contribution < 1.29 is 5.11 Å². The Morgan fingerprint density at radius 2 is 2.04 bits per heavy atom. The molecule has 2 aliphatic carbocycles. The van der Waals surface area contributed by atoms with Gasteiger partial charge in [-0.3, -0.25) is 4.90 Å². The van der Waals surface area contributed by atoms with Gasteiger partial charge in [0, 0.05) is 18.0 Å². The summed E-state index contributed by atoms with van der Waals surface area (Å²) in [5.41, 5.74) is 3.71. The fourth-order valence-corrected chi connectivity index (χ4v) is 5.88. The van der Waals surface area contributed by atoms with Gasteiger partial charge in [0.15, 0.2) is 0 Å². The number of hydrogen-bond acceptors (Lipinski definition) is 2. The quantitative estimate of drug-likeness (QED) is 0.825. The van der Waals surface area contributed by atoms with E-state index >= 15 is 0 Å². The van der Waals surface area contributed by atoms with E-state index in [0.717, 1.165) is 5.92 Å². The molecule has 0 unspecified atom stereocenters. The van der Waals surface area contributed by atoms with Gasteiger partial charge in [-0.05, 0) is 66.8 Å². The predicted molar refractivity (Wildman–Crippen MR) is 94.9 cm³/mol. The summed E-state index contributed by atoms with van der Waals surface area (Å²) in [7, 11) is 0. The van der Waals surface area contributed by atoms with Gasteiger partial charge in [-0.25, -0.2) is 0 Å². The molecular formula is C21H31NO. The van der Waals surface area contributed by atoms with E-state index in [2.05, 4.69) is 37.8 Å². The number of benzene rings is 1. The van der Waals surface area contributed by atoms with Crippen LogP contribution < -0.4 is 0 Å². The van der Waals surface area contributed by atoms with E-state index in [4.69, 9.17) is 0 Å². The molecule has 23 heavy (non-hydrogen) atoms. The lowest BCUT2D eigenvalue weighted by atomic mass is 9.52. The van der Waals surface area contributed by atoms with Gasteiger partial charge in [0.25, 0.3) is 0 Å². The van der Waals surface area contributed by atoms with Gasteiger partial charge in [0.05, 0.1) is 0 Å². The number of phenols is 1. The summed E-state index contributed by atoms with van der Waals surface area (Å²) in [5.74, 6) is 1.25. The third-order valence-electron chi connectivity index (χ3n) is 6.61. The third kappa shape index (κ3) is 2.50. The van der Waals surface area contributed by atoms with Crippen LogP contribution in [0.15, 0.2) is 18.2 Å². The van der Waals surface area contributed by atoms with Crippen molar-refractivity contribution in [3.8, 4) is 5.75 Å².